The van der Waals surface area contributed by atoms with Crippen LogP contribution in [0.3, 0.4) is 0 Å². The van der Waals surface area contributed by atoms with E-state index in [0.29, 0.717) is 0 Å². The fourth-order valence-corrected chi connectivity index (χ4v) is 4.05. The van der Waals surface area contributed by atoms with Crippen molar-refractivity contribution in [1.82, 2.24) is 4.90 Å². The van der Waals surface area contributed by atoms with Gasteiger partial charge in [0.15, 0.2) is 17.7 Å². The summed E-state index contributed by atoms with van der Waals surface area (Å²) in [6, 6.07) is 12.1. The lowest BCUT2D eigenvalue weighted by molar-refractivity contribution is -0.0558. The molecule has 136 valence electrons. The Hall–Kier alpha value is -2.44. The van der Waals surface area contributed by atoms with E-state index in [2.05, 4.69) is 11.0 Å². The fraction of sp³-hybridized carbons (Fsp3) is 0.400. The van der Waals surface area contributed by atoms with E-state index in [1.807, 2.05) is 30.3 Å². The second-order valence-corrected chi connectivity index (χ2v) is 6.88. The van der Waals surface area contributed by atoms with Crippen LogP contribution in [-0.2, 0) is 4.74 Å². The molecule has 26 heavy (non-hydrogen) atoms. The van der Waals surface area contributed by atoms with Gasteiger partial charge in [-0.2, -0.15) is 0 Å². The molecule has 6 nitrogen and oxygen atoms in total. The summed E-state index contributed by atoms with van der Waals surface area (Å²) in [4.78, 5) is 2.35. The summed E-state index contributed by atoms with van der Waals surface area (Å²) in [7, 11) is 0. The molecule has 1 saturated heterocycles. The lowest BCUT2D eigenvalue weighted by atomic mass is 9.84. The monoisotopic (exact) mass is 354 g/mol. The van der Waals surface area contributed by atoms with Crippen molar-refractivity contribution in [3.8, 4) is 17.2 Å². The molecule has 2 atom stereocenters. The summed E-state index contributed by atoms with van der Waals surface area (Å²) in [6.45, 7) is 3.49. The van der Waals surface area contributed by atoms with Gasteiger partial charge in [-0.3, -0.25) is 4.90 Å². The minimum Gasteiger partial charge on any atom is -0.475 e. The molecular formula is C20H22N2O4. The molecule has 0 aliphatic carbocycles. The summed E-state index contributed by atoms with van der Waals surface area (Å²) in [5.74, 6) is 2.52. The number of nitrogen functional groups attached to an aromatic ring is 1. The molecule has 2 aromatic rings. The zero-order valence-electron chi connectivity index (χ0n) is 14.5. The quantitative estimate of drug-likeness (QED) is 0.836. The van der Waals surface area contributed by atoms with Gasteiger partial charge < -0.3 is 24.7 Å². The maximum atomic E-state index is 6.38. The van der Waals surface area contributed by atoms with Crippen LogP contribution in [0.2, 0.25) is 0 Å². The first-order chi connectivity index (χ1) is 12.8. The molecule has 0 saturated carbocycles. The van der Waals surface area contributed by atoms with E-state index in [1.54, 1.807) is 0 Å². The largest absolute Gasteiger partial charge is 0.475 e. The summed E-state index contributed by atoms with van der Waals surface area (Å²) < 4.78 is 23.0. The molecular weight excluding hydrogens is 332 g/mol. The van der Waals surface area contributed by atoms with Crippen molar-refractivity contribution in [2.45, 2.75) is 18.6 Å². The molecule has 0 radical (unpaired) electrons. The van der Waals surface area contributed by atoms with Crippen LogP contribution in [0, 0.1) is 0 Å². The molecule has 2 N–H and O–H groups in total. The number of para-hydroxylation sites is 1. The molecule has 5 rings (SSSR count). The maximum absolute atomic E-state index is 6.38. The number of nitrogens with two attached hydrogens (primary N) is 1. The average molecular weight is 354 g/mol. The SMILES string of the molecule is Nc1ccccc1C1CC(N2CCOCC2)Oc2cc3c(cc21)OCO3. The topological polar surface area (TPSA) is 66.2 Å². The Labute approximate surface area is 152 Å². The standard InChI is InChI=1S/C20H22N2O4/c21-16-4-2-1-3-13(16)14-10-20(22-5-7-23-8-6-22)26-17-11-19-18(9-15(14)17)24-12-25-19/h1-4,9,11,14,20H,5-8,10,12,21H2. The number of hydrogen-bond donors (Lipinski definition) is 1. The minimum absolute atomic E-state index is 0.00335. The average Bonchev–Trinajstić information content (AvgIpc) is 3.14. The number of morpholine rings is 1. The molecule has 6 heteroatoms. The van der Waals surface area contributed by atoms with Crippen LogP contribution in [-0.4, -0.2) is 44.2 Å². The van der Waals surface area contributed by atoms with E-state index in [4.69, 9.17) is 24.7 Å². The molecule has 3 heterocycles. The van der Waals surface area contributed by atoms with E-state index in [0.717, 1.165) is 66.8 Å². The Bertz CT molecular complexity index is 819. The smallest absolute Gasteiger partial charge is 0.231 e. The summed E-state index contributed by atoms with van der Waals surface area (Å²) in [5.41, 5.74) is 9.37. The van der Waals surface area contributed by atoms with Crippen molar-refractivity contribution >= 4 is 5.69 Å². The Morgan fingerprint density at radius 3 is 2.50 bits per heavy atom. The zero-order valence-corrected chi connectivity index (χ0v) is 14.5. The highest BCUT2D eigenvalue weighted by molar-refractivity contribution is 5.59. The van der Waals surface area contributed by atoms with Gasteiger partial charge in [-0.25, -0.2) is 0 Å². The van der Waals surface area contributed by atoms with Crippen LogP contribution < -0.4 is 19.9 Å². The number of fused-ring (bicyclic) bond motifs is 2. The number of rotatable bonds is 2. The molecule has 1 fully saturated rings. The summed E-state index contributed by atoms with van der Waals surface area (Å²) in [5, 5.41) is 0. The second-order valence-electron chi connectivity index (χ2n) is 6.88. The van der Waals surface area contributed by atoms with Gasteiger partial charge in [-0.05, 0) is 17.7 Å². The molecule has 0 spiro atoms. The molecule has 0 bridgehead atoms. The van der Waals surface area contributed by atoms with Crippen molar-refractivity contribution in [2.75, 3.05) is 38.8 Å². The Morgan fingerprint density at radius 1 is 0.923 bits per heavy atom. The summed E-state index contributed by atoms with van der Waals surface area (Å²) >= 11 is 0. The van der Waals surface area contributed by atoms with Gasteiger partial charge in [0.1, 0.15) is 5.75 Å². The van der Waals surface area contributed by atoms with E-state index in [9.17, 15) is 0 Å². The Morgan fingerprint density at radius 2 is 1.69 bits per heavy atom. The normalized spacial score (nSPS) is 24.8. The first-order valence-corrected chi connectivity index (χ1v) is 9.06. The fourth-order valence-electron chi connectivity index (χ4n) is 4.05. The number of ether oxygens (including phenoxy) is 4. The predicted octanol–water partition coefficient (Wildman–Crippen LogP) is 2.57. The van der Waals surface area contributed by atoms with Crippen molar-refractivity contribution in [2.24, 2.45) is 0 Å². The van der Waals surface area contributed by atoms with Gasteiger partial charge >= 0.3 is 0 Å². The molecule has 3 aliphatic heterocycles. The molecule has 2 aromatic carbocycles. The third-order valence-electron chi connectivity index (χ3n) is 5.41. The second kappa shape index (κ2) is 6.37. The van der Waals surface area contributed by atoms with Gasteiger partial charge in [0, 0.05) is 42.7 Å². The Kier molecular flexibility index (Phi) is 3.87. The van der Waals surface area contributed by atoms with Crippen LogP contribution in [0.5, 0.6) is 17.2 Å². The van der Waals surface area contributed by atoms with Crippen molar-refractivity contribution < 1.29 is 18.9 Å². The first-order valence-electron chi connectivity index (χ1n) is 9.06. The number of anilines is 1. The van der Waals surface area contributed by atoms with Crippen LogP contribution in [0.4, 0.5) is 5.69 Å². The first kappa shape index (κ1) is 15.8. The van der Waals surface area contributed by atoms with Gasteiger partial charge in [-0.1, -0.05) is 18.2 Å². The third-order valence-corrected chi connectivity index (χ3v) is 5.41. The number of benzene rings is 2. The van der Waals surface area contributed by atoms with Crippen LogP contribution in [0.1, 0.15) is 23.5 Å². The van der Waals surface area contributed by atoms with Crippen molar-refractivity contribution in [3.05, 3.63) is 47.5 Å². The molecule has 2 unspecified atom stereocenters. The van der Waals surface area contributed by atoms with E-state index in [1.165, 1.54) is 0 Å². The van der Waals surface area contributed by atoms with Crippen LogP contribution in [0.25, 0.3) is 0 Å². The molecule has 0 aromatic heterocycles. The highest BCUT2D eigenvalue weighted by atomic mass is 16.7. The molecule has 3 aliphatic rings. The van der Waals surface area contributed by atoms with Crippen molar-refractivity contribution in [3.63, 3.8) is 0 Å². The zero-order chi connectivity index (χ0) is 17.5. The van der Waals surface area contributed by atoms with E-state index >= 15 is 0 Å². The lowest BCUT2D eigenvalue weighted by Gasteiger charge is -2.40. The summed E-state index contributed by atoms with van der Waals surface area (Å²) in [6.07, 6.45) is 0.845. The predicted molar refractivity (Wildman–Crippen MR) is 96.7 cm³/mol. The van der Waals surface area contributed by atoms with E-state index in [-0.39, 0.29) is 18.9 Å². The highest BCUT2D eigenvalue weighted by Crippen LogP contribution is 2.48. The van der Waals surface area contributed by atoms with Gasteiger partial charge in [-0.15, -0.1) is 0 Å². The Balaban J connectivity index is 1.57. The number of hydrogen-bond acceptors (Lipinski definition) is 6. The van der Waals surface area contributed by atoms with Gasteiger partial charge in [0.2, 0.25) is 6.79 Å². The van der Waals surface area contributed by atoms with Gasteiger partial charge in [0.25, 0.3) is 0 Å². The number of nitrogens with zero attached hydrogens (tertiary/aromatic N) is 1. The minimum atomic E-state index is -0.00335. The highest BCUT2D eigenvalue weighted by Gasteiger charge is 2.36. The maximum Gasteiger partial charge on any atom is 0.231 e. The van der Waals surface area contributed by atoms with Crippen molar-refractivity contribution in [1.29, 1.82) is 0 Å². The van der Waals surface area contributed by atoms with Crippen LogP contribution >= 0.6 is 0 Å². The van der Waals surface area contributed by atoms with Gasteiger partial charge in [0.05, 0.1) is 13.2 Å². The molecule has 0 amide bonds. The van der Waals surface area contributed by atoms with Crippen LogP contribution in [0.15, 0.2) is 36.4 Å². The van der Waals surface area contributed by atoms with E-state index < -0.39 is 0 Å². The lowest BCUT2D eigenvalue weighted by Crippen LogP contribution is -2.48. The third kappa shape index (κ3) is 2.66.